The molecular weight excluding hydrogens is 312 g/mol. The molecule has 0 saturated carbocycles. The van der Waals surface area contributed by atoms with Crippen LogP contribution in [0.2, 0.25) is 0 Å². The van der Waals surface area contributed by atoms with Crippen molar-refractivity contribution in [1.29, 1.82) is 0 Å². The van der Waals surface area contributed by atoms with E-state index in [1.165, 1.54) is 16.8 Å². The van der Waals surface area contributed by atoms with Crippen LogP contribution in [0.1, 0.15) is 30.9 Å². The number of carbonyl (C=O) groups is 1. The van der Waals surface area contributed by atoms with Crippen molar-refractivity contribution < 1.29 is 9.53 Å². The van der Waals surface area contributed by atoms with E-state index in [4.69, 9.17) is 4.74 Å². The summed E-state index contributed by atoms with van der Waals surface area (Å²) in [5.74, 6) is 0.154. The maximum absolute atomic E-state index is 12.3. The van der Waals surface area contributed by atoms with E-state index in [2.05, 4.69) is 42.7 Å². The van der Waals surface area contributed by atoms with Crippen molar-refractivity contribution in [2.75, 3.05) is 23.8 Å². The van der Waals surface area contributed by atoms with Crippen molar-refractivity contribution in [1.82, 2.24) is 0 Å². The predicted octanol–water partition coefficient (Wildman–Crippen LogP) is 4.67. The van der Waals surface area contributed by atoms with Gasteiger partial charge in [0.25, 0.3) is 0 Å². The van der Waals surface area contributed by atoms with Crippen LogP contribution in [0.15, 0.2) is 42.5 Å². The Labute approximate surface area is 149 Å². The van der Waals surface area contributed by atoms with Crippen molar-refractivity contribution in [3.05, 3.63) is 53.6 Å². The lowest BCUT2D eigenvalue weighted by atomic mass is 9.99. The lowest BCUT2D eigenvalue weighted by molar-refractivity contribution is -0.122. The number of benzene rings is 2. The summed E-state index contributed by atoms with van der Waals surface area (Å²) in [7, 11) is 0. The number of hydrogen-bond acceptors (Lipinski definition) is 3. The quantitative estimate of drug-likeness (QED) is 0.833. The minimum atomic E-state index is 0.0608. The second-order valence-corrected chi connectivity index (χ2v) is 6.54. The van der Waals surface area contributed by atoms with Gasteiger partial charge in [-0.05, 0) is 61.6 Å². The smallest absolute Gasteiger partial charge is 0.227 e. The number of carbonyl (C=O) groups excluding carboxylic acids is 1. The molecule has 4 nitrogen and oxygen atoms in total. The van der Waals surface area contributed by atoms with Gasteiger partial charge >= 0.3 is 0 Å². The molecule has 25 heavy (non-hydrogen) atoms. The van der Waals surface area contributed by atoms with E-state index >= 15 is 0 Å². The zero-order chi connectivity index (χ0) is 17.6. The second-order valence-electron chi connectivity index (χ2n) is 6.54. The highest BCUT2D eigenvalue weighted by molar-refractivity contribution is 5.92. The van der Waals surface area contributed by atoms with Gasteiger partial charge in [0.2, 0.25) is 5.91 Å². The van der Waals surface area contributed by atoms with Gasteiger partial charge in [0.1, 0.15) is 0 Å². The van der Waals surface area contributed by atoms with Gasteiger partial charge in [-0.1, -0.05) is 25.1 Å². The molecule has 0 bridgehead atoms. The van der Waals surface area contributed by atoms with E-state index in [1.807, 2.05) is 24.3 Å². The Hall–Kier alpha value is -2.33. The zero-order valence-corrected chi connectivity index (χ0v) is 15.0. The number of para-hydroxylation sites is 1. The van der Waals surface area contributed by atoms with Gasteiger partial charge in [-0.3, -0.25) is 4.79 Å². The maximum Gasteiger partial charge on any atom is 0.227 e. The average molecular weight is 338 g/mol. The highest BCUT2D eigenvalue weighted by Crippen LogP contribution is 2.26. The van der Waals surface area contributed by atoms with Crippen molar-refractivity contribution >= 4 is 23.0 Å². The van der Waals surface area contributed by atoms with Gasteiger partial charge in [0.15, 0.2) is 0 Å². The fourth-order valence-corrected chi connectivity index (χ4v) is 3.19. The summed E-state index contributed by atoms with van der Waals surface area (Å²) in [6.45, 7) is 5.63. The number of nitrogens with one attached hydrogen (secondary N) is 2. The SMILES string of the molecule is CCc1cccc(C)c1Nc1ccc(NC(=O)C2CCOCC2)cc1. The molecule has 2 N–H and O–H groups in total. The Morgan fingerprint density at radius 1 is 1.08 bits per heavy atom. The minimum absolute atomic E-state index is 0.0608. The van der Waals surface area contributed by atoms with E-state index in [-0.39, 0.29) is 11.8 Å². The Morgan fingerprint density at radius 3 is 2.44 bits per heavy atom. The van der Waals surface area contributed by atoms with E-state index in [0.717, 1.165) is 30.6 Å². The zero-order valence-electron chi connectivity index (χ0n) is 15.0. The van der Waals surface area contributed by atoms with Crippen molar-refractivity contribution in [3.8, 4) is 0 Å². The number of aryl methyl sites for hydroxylation is 2. The standard InChI is InChI=1S/C21H26N2O2/c1-3-16-6-4-5-15(2)20(16)22-18-7-9-19(10-8-18)23-21(24)17-11-13-25-14-12-17/h4-10,17,22H,3,11-14H2,1-2H3,(H,23,24). The summed E-state index contributed by atoms with van der Waals surface area (Å²) in [6.07, 6.45) is 2.60. The van der Waals surface area contributed by atoms with Gasteiger partial charge in [0.05, 0.1) is 0 Å². The lowest BCUT2D eigenvalue weighted by Gasteiger charge is -2.21. The largest absolute Gasteiger partial charge is 0.381 e. The monoisotopic (exact) mass is 338 g/mol. The molecule has 0 spiro atoms. The van der Waals surface area contributed by atoms with E-state index in [0.29, 0.717) is 13.2 Å². The summed E-state index contributed by atoms with van der Waals surface area (Å²) in [6, 6.07) is 14.3. The molecule has 1 aliphatic rings. The first kappa shape index (κ1) is 17.5. The van der Waals surface area contributed by atoms with Crippen LogP contribution in [-0.4, -0.2) is 19.1 Å². The normalized spacial score (nSPS) is 15.0. The number of ether oxygens (including phenoxy) is 1. The highest BCUT2D eigenvalue weighted by Gasteiger charge is 2.21. The number of hydrogen-bond donors (Lipinski definition) is 2. The first-order valence-electron chi connectivity index (χ1n) is 9.01. The van der Waals surface area contributed by atoms with Gasteiger partial charge in [0, 0.05) is 36.2 Å². The molecule has 0 atom stereocenters. The number of amides is 1. The van der Waals surface area contributed by atoms with E-state index < -0.39 is 0 Å². The van der Waals surface area contributed by atoms with Crippen LogP contribution in [0.4, 0.5) is 17.1 Å². The maximum atomic E-state index is 12.3. The minimum Gasteiger partial charge on any atom is -0.381 e. The van der Waals surface area contributed by atoms with E-state index in [1.54, 1.807) is 0 Å². The fourth-order valence-electron chi connectivity index (χ4n) is 3.19. The molecule has 0 aliphatic carbocycles. The molecular formula is C21H26N2O2. The molecule has 1 saturated heterocycles. The molecule has 1 fully saturated rings. The van der Waals surface area contributed by atoms with Gasteiger partial charge < -0.3 is 15.4 Å². The first-order chi connectivity index (χ1) is 12.2. The molecule has 2 aromatic carbocycles. The molecule has 2 aromatic rings. The molecule has 4 heteroatoms. The van der Waals surface area contributed by atoms with E-state index in [9.17, 15) is 4.79 Å². The lowest BCUT2D eigenvalue weighted by Crippen LogP contribution is -2.28. The molecule has 0 radical (unpaired) electrons. The topological polar surface area (TPSA) is 50.4 Å². The Morgan fingerprint density at radius 2 is 1.76 bits per heavy atom. The summed E-state index contributed by atoms with van der Waals surface area (Å²) in [5.41, 5.74) is 5.56. The summed E-state index contributed by atoms with van der Waals surface area (Å²) in [4.78, 5) is 12.3. The highest BCUT2D eigenvalue weighted by atomic mass is 16.5. The predicted molar refractivity (Wildman–Crippen MR) is 102 cm³/mol. The molecule has 3 rings (SSSR count). The van der Waals surface area contributed by atoms with Gasteiger partial charge in [-0.2, -0.15) is 0 Å². The van der Waals surface area contributed by atoms with Crippen LogP contribution in [0.25, 0.3) is 0 Å². The average Bonchev–Trinajstić information content (AvgIpc) is 2.65. The van der Waals surface area contributed by atoms with Crippen LogP contribution >= 0.6 is 0 Å². The molecule has 132 valence electrons. The summed E-state index contributed by atoms with van der Waals surface area (Å²) >= 11 is 0. The van der Waals surface area contributed by atoms with Gasteiger partial charge in [-0.15, -0.1) is 0 Å². The molecule has 0 unspecified atom stereocenters. The van der Waals surface area contributed by atoms with Crippen molar-refractivity contribution in [2.24, 2.45) is 5.92 Å². The number of rotatable bonds is 5. The Balaban J connectivity index is 1.65. The van der Waals surface area contributed by atoms with Crippen molar-refractivity contribution in [2.45, 2.75) is 33.1 Å². The first-order valence-corrected chi connectivity index (χ1v) is 9.01. The Bertz CT molecular complexity index is 719. The van der Waals surface area contributed by atoms with Crippen LogP contribution in [0, 0.1) is 12.8 Å². The summed E-state index contributed by atoms with van der Waals surface area (Å²) < 4.78 is 5.31. The van der Waals surface area contributed by atoms with Crippen molar-refractivity contribution in [3.63, 3.8) is 0 Å². The van der Waals surface area contributed by atoms with Crippen LogP contribution in [-0.2, 0) is 16.0 Å². The third-order valence-corrected chi connectivity index (χ3v) is 4.75. The summed E-state index contributed by atoms with van der Waals surface area (Å²) in [5, 5.41) is 6.52. The fraction of sp³-hybridized carbons (Fsp3) is 0.381. The molecule has 1 aliphatic heterocycles. The third-order valence-electron chi connectivity index (χ3n) is 4.75. The molecule has 0 aromatic heterocycles. The van der Waals surface area contributed by atoms with Crippen LogP contribution < -0.4 is 10.6 Å². The van der Waals surface area contributed by atoms with Gasteiger partial charge in [-0.25, -0.2) is 0 Å². The van der Waals surface area contributed by atoms with Crippen LogP contribution in [0.3, 0.4) is 0 Å². The number of anilines is 3. The second kappa shape index (κ2) is 8.17. The molecule has 1 heterocycles. The van der Waals surface area contributed by atoms with Crippen LogP contribution in [0.5, 0.6) is 0 Å². The third kappa shape index (κ3) is 4.40. The molecule has 1 amide bonds. The Kier molecular flexibility index (Phi) is 5.71.